The monoisotopic (exact) mass is 410 g/mol. The van der Waals surface area contributed by atoms with E-state index in [9.17, 15) is 9.59 Å². The summed E-state index contributed by atoms with van der Waals surface area (Å²) < 4.78 is 6.25. The first-order valence-electron chi connectivity index (χ1n) is 10.5. The van der Waals surface area contributed by atoms with Crippen LogP contribution >= 0.6 is 0 Å². The fourth-order valence-corrected chi connectivity index (χ4v) is 6.10. The molecule has 0 aromatic heterocycles. The van der Waals surface area contributed by atoms with Crippen molar-refractivity contribution >= 4 is 17.4 Å². The van der Waals surface area contributed by atoms with Gasteiger partial charge in [-0.05, 0) is 30.8 Å². The van der Waals surface area contributed by atoms with Gasteiger partial charge in [0.25, 0.3) is 5.91 Å². The van der Waals surface area contributed by atoms with Crippen molar-refractivity contribution in [2.75, 3.05) is 25.5 Å². The summed E-state index contributed by atoms with van der Waals surface area (Å²) >= 11 is 0. The predicted molar refractivity (Wildman–Crippen MR) is 117 cm³/mol. The molecular weight excluding hydrogens is 388 g/mol. The Bertz CT molecular complexity index is 1220. The van der Waals surface area contributed by atoms with E-state index in [4.69, 9.17) is 4.74 Å². The minimum Gasteiger partial charge on any atom is -0.492 e. The molecule has 3 aliphatic heterocycles. The molecule has 0 bridgehead atoms. The van der Waals surface area contributed by atoms with Crippen molar-refractivity contribution in [2.24, 2.45) is 5.41 Å². The molecule has 0 radical (unpaired) electrons. The number of hydrogen-bond acceptors (Lipinski definition) is 4. The lowest BCUT2D eigenvalue weighted by Gasteiger charge is -2.47. The van der Waals surface area contributed by atoms with Gasteiger partial charge in [0.05, 0.1) is 5.56 Å². The van der Waals surface area contributed by atoms with Crippen LogP contribution in [0.3, 0.4) is 0 Å². The van der Waals surface area contributed by atoms with E-state index in [1.54, 1.807) is 0 Å². The summed E-state index contributed by atoms with van der Waals surface area (Å²) in [5.41, 5.74) is 0.959. The number of likely N-dealkylation sites (N-methyl/N-ethyl adjacent to an activating group) is 1. The molecule has 1 N–H and O–H groups in total. The van der Waals surface area contributed by atoms with Gasteiger partial charge < -0.3 is 10.1 Å². The van der Waals surface area contributed by atoms with E-state index < -0.39 is 11.0 Å². The van der Waals surface area contributed by atoms with Crippen LogP contribution < -0.4 is 10.1 Å². The Morgan fingerprint density at radius 2 is 1.65 bits per heavy atom. The second-order valence-electron chi connectivity index (χ2n) is 8.64. The highest BCUT2D eigenvalue weighted by molar-refractivity contribution is 6.15. The number of carbonyl (C=O) groups excluding carboxylic acids is 2. The summed E-state index contributed by atoms with van der Waals surface area (Å²) in [6.45, 7) is 0.720. The molecule has 1 saturated heterocycles. The third-order valence-electron chi connectivity index (χ3n) is 7.36. The summed E-state index contributed by atoms with van der Waals surface area (Å²) in [5, 5.41) is 3.06. The zero-order chi connectivity index (χ0) is 21.2. The summed E-state index contributed by atoms with van der Waals surface area (Å²) in [7, 11) is 1.94. The molecule has 154 valence electrons. The molecule has 3 aliphatic rings. The van der Waals surface area contributed by atoms with Crippen molar-refractivity contribution in [2.45, 2.75) is 11.5 Å². The van der Waals surface area contributed by atoms with E-state index >= 15 is 0 Å². The van der Waals surface area contributed by atoms with Crippen molar-refractivity contribution in [3.8, 4) is 5.75 Å². The van der Waals surface area contributed by atoms with Crippen LogP contribution in [0, 0.1) is 5.41 Å². The normalized spacial score (nSPS) is 29.0. The number of carbonyl (C=O) groups is 2. The van der Waals surface area contributed by atoms with Crippen LogP contribution in [0.5, 0.6) is 5.75 Å². The molecule has 5 heteroatoms. The van der Waals surface area contributed by atoms with Gasteiger partial charge in [0.2, 0.25) is 0 Å². The number of anilines is 1. The van der Waals surface area contributed by atoms with Crippen molar-refractivity contribution in [1.29, 1.82) is 0 Å². The van der Waals surface area contributed by atoms with Gasteiger partial charge in [-0.2, -0.15) is 0 Å². The van der Waals surface area contributed by atoms with Gasteiger partial charge in [-0.1, -0.05) is 60.7 Å². The first-order chi connectivity index (χ1) is 15.1. The highest BCUT2D eigenvalue weighted by Crippen LogP contribution is 2.64. The number of ether oxygens (including phenoxy) is 1. The number of benzene rings is 3. The molecule has 3 aromatic carbocycles. The van der Waals surface area contributed by atoms with E-state index in [1.165, 1.54) is 0 Å². The SMILES string of the molecule is CN1C[C@H](c2ccccc2)[C@@]2(COc3ccccc3C2=O)[C@]12C(=O)Nc1ccccc12. The van der Waals surface area contributed by atoms with E-state index in [-0.39, 0.29) is 24.2 Å². The first kappa shape index (κ1) is 18.3. The molecule has 3 aromatic rings. The lowest BCUT2D eigenvalue weighted by molar-refractivity contribution is -0.131. The number of ketones is 1. The zero-order valence-corrected chi connectivity index (χ0v) is 17.2. The lowest BCUT2D eigenvalue weighted by atomic mass is 9.57. The average Bonchev–Trinajstić information content (AvgIpc) is 3.25. The van der Waals surface area contributed by atoms with Crippen LogP contribution in [-0.2, 0) is 10.3 Å². The second-order valence-corrected chi connectivity index (χ2v) is 8.64. The molecule has 6 rings (SSSR count). The number of rotatable bonds is 1. The quantitative estimate of drug-likeness (QED) is 0.663. The summed E-state index contributed by atoms with van der Waals surface area (Å²) in [4.78, 5) is 30.3. The maximum absolute atomic E-state index is 14.4. The largest absolute Gasteiger partial charge is 0.492 e. The third-order valence-corrected chi connectivity index (χ3v) is 7.36. The van der Waals surface area contributed by atoms with Crippen molar-refractivity contribution in [3.05, 3.63) is 95.6 Å². The second kappa shape index (κ2) is 6.28. The van der Waals surface area contributed by atoms with Crippen molar-refractivity contribution in [1.82, 2.24) is 4.90 Å². The summed E-state index contributed by atoms with van der Waals surface area (Å²) in [6.07, 6.45) is 0. The number of para-hydroxylation sites is 2. The fourth-order valence-electron chi connectivity index (χ4n) is 6.10. The molecule has 0 unspecified atom stereocenters. The summed E-state index contributed by atoms with van der Waals surface area (Å²) in [5.74, 6) is 0.197. The Labute approximate surface area is 180 Å². The van der Waals surface area contributed by atoms with Crippen molar-refractivity contribution in [3.63, 3.8) is 0 Å². The van der Waals surface area contributed by atoms with Crippen LogP contribution in [0.4, 0.5) is 5.69 Å². The Morgan fingerprint density at radius 1 is 0.935 bits per heavy atom. The van der Waals surface area contributed by atoms with Gasteiger partial charge in [-0.25, -0.2) is 0 Å². The first-order valence-corrected chi connectivity index (χ1v) is 10.5. The smallest absolute Gasteiger partial charge is 0.250 e. The van der Waals surface area contributed by atoms with Crippen LogP contribution in [-0.4, -0.2) is 36.8 Å². The Hall–Kier alpha value is -3.44. The van der Waals surface area contributed by atoms with Crippen LogP contribution in [0.1, 0.15) is 27.4 Å². The van der Waals surface area contributed by atoms with Gasteiger partial charge in [0.15, 0.2) is 5.78 Å². The number of nitrogens with zero attached hydrogens (tertiary/aromatic N) is 1. The number of Topliss-reactive ketones (excluding diaryl/α,β-unsaturated/α-hetero) is 1. The van der Waals surface area contributed by atoms with E-state index in [0.29, 0.717) is 17.9 Å². The minimum absolute atomic E-state index is 0.0283. The molecule has 0 aliphatic carbocycles. The molecule has 1 fully saturated rings. The highest BCUT2D eigenvalue weighted by Gasteiger charge is 2.75. The zero-order valence-electron chi connectivity index (χ0n) is 17.2. The molecule has 0 saturated carbocycles. The van der Waals surface area contributed by atoms with Gasteiger partial charge in [0, 0.05) is 23.7 Å². The standard InChI is InChI=1S/C26H22N2O3/c1-28-15-20(17-9-3-2-4-10-17)25(16-31-22-14-8-5-11-18(22)23(25)29)26(28)19-12-6-7-13-21(19)27-24(26)30/h2-14,20H,15-16H2,1H3,(H,27,30)/t20-,25-,26+/m1/s1. The Kier molecular flexibility index (Phi) is 3.72. The number of amides is 1. The van der Waals surface area contributed by atoms with Crippen LogP contribution in [0.15, 0.2) is 78.9 Å². The molecule has 5 nitrogen and oxygen atoms in total. The van der Waals surface area contributed by atoms with Crippen LogP contribution in [0.25, 0.3) is 0 Å². The predicted octanol–water partition coefficient (Wildman–Crippen LogP) is 3.82. The van der Waals surface area contributed by atoms with E-state index in [1.807, 2.05) is 85.9 Å². The van der Waals surface area contributed by atoms with Gasteiger partial charge >= 0.3 is 0 Å². The van der Waals surface area contributed by atoms with E-state index in [0.717, 1.165) is 16.8 Å². The molecule has 2 spiro atoms. The van der Waals surface area contributed by atoms with Crippen molar-refractivity contribution < 1.29 is 14.3 Å². The topological polar surface area (TPSA) is 58.6 Å². The highest BCUT2D eigenvalue weighted by atomic mass is 16.5. The van der Waals surface area contributed by atoms with Crippen LogP contribution in [0.2, 0.25) is 0 Å². The number of nitrogens with one attached hydrogen (secondary N) is 1. The number of likely N-dealkylation sites (tertiary alicyclic amines) is 1. The van der Waals surface area contributed by atoms with Gasteiger partial charge in [-0.3, -0.25) is 14.5 Å². The average molecular weight is 410 g/mol. The summed E-state index contributed by atoms with van der Waals surface area (Å²) in [6, 6.07) is 25.1. The number of fused-ring (bicyclic) bond motifs is 4. The molecule has 1 amide bonds. The van der Waals surface area contributed by atoms with E-state index in [2.05, 4.69) is 10.2 Å². The maximum Gasteiger partial charge on any atom is 0.250 e. The molecule has 3 atom stereocenters. The Balaban J connectivity index is 1.68. The fraction of sp³-hybridized carbons (Fsp3) is 0.231. The third kappa shape index (κ3) is 2.09. The molecular formula is C26H22N2O3. The lowest BCUT2D eigenvalue weighted by Crippen LogP contribution is -2.62. The minimum atomic E-state index is -1.14. The maximum atomic E-state index is 14.4. The number of hydrogen-bond donors (Lipinski definition) is 1. The molecule has 31 heavy (non-hydrogen) atoms. The van der Waals surface area contributed by atoms with Gasteiger partial charge in [0.1, 0.15) is 23.3 Å². The van der Waals surface area contributed by atoms with Gasteiger partial charge in [-0.15, -0.1) is 0 Å². The molecule has 3 heterocycles. The Morgan fingerprint density at radius 3 is 2.48 bits per heavy atom.